The number of unbranched alkanes of at least 4 members (excludes halogenated alkanes) is 3. The molecule has 154 valence electrons. The summed E-state index contributed by atoms with van der Waals surface area (Å²) in [4.78, 5) is 0. The van der Waals surface area contributed by atoms with E-state index in [1.807, 2.05) is 20.8 Å². The highest BCUT2D eigenvalue weighted by molar-refractivity contribution is 9.10. The quantitative estimate of drug-likeness (QED) is 0.274. The minimum Gasteiger partial charge on any atom is -0.242 e. The second kappa shape index (κ2) is 10.9. The summed E-state index contributed by atoms with van der Waals surface area (Å²) in [7, 11) is -1.16. The Labute approximate surface area is 178 Å². The highest BCUT2D eigenvalue weighted by Crippen LogP contribution is 2.46. The van der Waals surface area contributed by atoms with Crippen LogP contribution >= 0.6 is 15.9 Å². The fourth-order valence-corrected chi connectivity index (χ4v) is 4.69. The molecule has 27 heavy (non-hydrogen) atoms. The topological polar surface area (TPSA) is 29.1 Å². The molecular weight excluding hydrogens is 418 g/mol. The Balaban J connectivity index is 3.33. The Kier molecular flexibility index (Phi) is 9.95. The van der Waals surface area contributed by atoms with Crippen molar-refractivity contribution in [1.29, 1.82) is 0 Å². The monoisotopic (exact) mass is 455 g/mol. The Hall–Kier alpha value is -0.450. The van der Waals surface area contributed by atoms with Crippen LogP contribution in [-0.4, -0.2) is 8.96 Å². The first kappa shape index (κ1) is 24.6. The highest BCUT2D eigenvalue weighted by atomic mass is 79.9. The van der Waals surface area contributed by atoms with Crippen LogP contribution in [0, 0.1) is 11.3 Å². The van der Waals surface area contributed by atoms with E-state index in [0.29, 0.717) is 5.92 Å². The van der Waals surface area contributed by atoms with Crippen LogP contribution in [-0.2, 0) is 11.0 Å². The van der Waals surface area contributed by atoms with Crippen LogP contribution in [0.15, 0.2) is 41.4 Å². The van der Waals surface area contributed by atoms with E-state index in [4.69, 9.17) is 0 Å². The summed E-state index contributed by atoms with van der Waals surface area (Å²) < 4.78 is 17.3. The molecule has 1 N–H and O–H groups in total. The predicted octanol–water partition coefficient (Wildman–Crippen LogP) is 7.34. The zero-order chi connectivity index (χ0) is 20.7. The lowest BCUT2D eigenvalue weighted by Gasteiger charge is -2.43. The molecule has 0 aliphatic carbocycles. The van der Waals surface area contributed by atoms with Crippen LogP contribution in [0.1, 0.15) is 85.3 Å². The molecule has 0 heterocycles. The molecule has 0 aliphatic rings. The fraction of sp³-hybridized carbons (Fsp3) is 0.652. The first-order valence-electron chi connectivity index (χ1n) is 10.2. The molecule has 0 saturated heterocycles. The van der Waals surface area contributed by atoms with Gasteiger partial charge >= 0.3 is 0 Å². The van der Waals surface area contributed by atoms with Crippen LogP contribution in [0.25, 0.3) is 0 Å². The normalized spacial score (nSPS) is 16.7. The zero-order valence-corrected chi connectivity index (χ0v) is 20.4. The average molecular weight is 457 g/mol. The van der Waals surface area contributed by atoms with Gasteiger partial charge in [-0.2, -0.15) is 0 Å². The summed E-state index contributed by atoms with van der Waals surface area (Å²) in [5.74, 6) is 0.384. The summed E-state index contributed by atoms with van der Waals surface area (Å²) in [6, 6.07) is 8.36. The molecule has 2 nitrogen and oxygen atoms in total. The van der Waals surface area contributed by atoms with Gasteiger partial charge in [0.05, 0.1) is 21.8 Å². The van der Waals surface area contributed by atoms with Gasteiger partial charge in [0, 0.05) is 9.89 Å². The SMILES string of the molecule is C=C[C@](CCCCCC)(C(C)C)[C@H](N[S@](=O)C(C)(C)C)c1ccc(Br)cc1. The van der Waals surface area contributed by atoms with E-state index >= 15 is 0 Å². The van der Waals surface area contributed by atoms with Crippen molar-refractivity contribution >= 4 is 26.9 Å². The van der Waals surface area contributed by atoms with Crippen molar-refractivity contribution in [1.82, 2.24) is 4.72 Å². The van der Waals surface area contributed by atoms with E-state index in [1.54, 1.807) is 0 Å². The van der Waals surface area contributed by atoms with Gasteiger partial charge in [-0.3, -0.25) is 0 Å². The maximum absolute atomic E-state index is 13.0. The Morgan fingerprint density at radius 3 is 2.19 bits per heavy atom. The summed E-state index contributed by atoms with van der Waals surface area (Å²) in [6.45, 7) is 17.0. The van der Waals surface area contributed by atoms with Gasteiger partial charge in [-0.1, -0.05) is 80.6 Å². The Morgan fingerprint density at radius 2 is 1.74 bits per heavy atom. The van der Waals surface area contributed by atoms with Crippen molar-refractivity contribution in [3.05, 3.63) is 47.0 Å². The van der Waals surface area contributed by atoms with Gasteiger partial charge in [-0.05, 0) is 50.8 Å². The van der Waals surface area contributed by atoms with E-state index in [1.165, 1.54) is 24.8 Å². The Bertz CT molecular complexity index is 606. The maximum Gasteiger partial charge on any atom is 0.0976 e. The van der Waals surface area contributed by atoms with Gasteiger partial charge in [0.15, 0.2) is 0 Å². The van der Waals surface area contributed by atoms with Crippen LogP contribution in [0.5, 0.6) is 0 Å². The van der Waals surface area contributed by atoms with Crippen molar-refractivity contribution in [2.24, 2.45) is 11.3 Å². The first-order chi connectivity index (χ1) is 12.6. The van der Waals surface area contributed by atoms with Crippen molar-refractivity contribution < 1.29 is 4.21 Å². The van der Waals surface area contributed by atoms with E-state index in [9.17, 15) is 4.21 Å². The number of hydrogen-bond acceptors (Lipinski definition) is 1. The average Bonchev–Trinajstić information content (AvgIpc) is 2.60. The molecule has 0 unspecified atom stereocenters. The predicted molar refractivity (Wildman–Crippen MR) is 124 cm³/mol. The van der Waals surface area contributed by atoms with E-state index in [2.05, 4.69) is 78.3 Å². The molecule has 0 aliphatic heterocycles. The molecule has 0 spiro atoms. The lowest BCUT2D eigenvalue weighted by molar-refractivity contribution is 0.176. The van der Waals surface area contributed by atoms with Crippen molar-refractivity contribution in [3.63, 3.8) is 0 Å². The molecule has 1 aromatic rings. The van der Waals surface area contributed by atoms with Gasteiger partial charge in [-0.25, -0.2) is 8.93 Å². The van der Waals surface area contributed by atoms with Crippen LogP contribution < -0.4 is 4.72 Å². The molecule has 3 atom stereocenters. The van der Waals surface area contributed by atoms with Gasteiger partial charge in [0.1, 0.15) is 0 Å². The van der Waals surface area contributed by atoms with Crippen LogP contribution in [0.2, 0.25) is 0 Å². The van der Waals surface area contributed by atoms with E-state index in [-0.39, 0.29) is 16.2 Å². The number of hydrogen-bond donors (Lipinski definition) is 1. The molecule has 1 rings (SSSR count). The van der Waals surface area contributed by atoms with Crippen molar-refractivity contribution in [2.45, 2.75) is 84.4 Å². The van der Waals surface area contributed by atoms with E-state index in [0.717, 1.165) is 17.3 Å². The summed E-state index contributed by atoms with van der Waals surface area (Å²) in [5, 5.41) is 0. The summed E-state index contributed by atoms with van der Waals surface area (Å²) >= 11 is 3.53. The standard InChI is InChI=1S/C23H38BrNOS/c1-8-10-11-12-17-23(9-2,18(3)4)21(25-27(26)22(5,6)7)19-13-15-20(24)16-14-19/h9,13-16,18,21,25H,2,8,10-12,17H2,1,3-7H3/t21-,23+,27-/m1/s1. The number of halogens is 1. The second-order valence-corrected chi connectivity index (χ2v) is 11.7. The van der Waals surface area contributed by atoms with Crippen LogP contribution in [0.4, 0.5) is 0 Å². The smallest absolute Gasteiger partial charge is 0.0976 e. The second-order valence-electron chi connectivity index (χ2n) is 8.77. The van der Waals surface area contributed by atoms with Gasteiger partial charge in [-0.15, -0.1) is 6.58 Å². The lowest BCUT2D eigenvalue weighted by atomic mass is 9.66. The lowest BCUT2D eigenvalue weighted by Crippen LogP contribution is -2.45. The third-order valence-electron chi connectivity index (χ3n) is 5.44. The largest absolute Gasteiger partial charge is 0.242 e. The molecule has 0 radical (unpaired) electrons. The third kappa shape index (κ3) is 6.83. The van der Waals surface area contributed by atoms with Gasteiger partial charge < -0.3 is 0 Å². The van der Waals surface area contributed by atoms with E-state index < -0.39 is 11.0 Å². The highest BCUT2D eigenvalue weighted by Gasteiger charge is 2.41. The number of nitrogens with one attached hydrogen (secondary N) is 1. The molecule has 0 bridgehead atoms. The Morgan fingerprint density at radius 1 is 1.15 bits per heavy atom. The molecule has 0 saturated carbocycles. The number of benzene rings is 1. The van der Waals surface area contributed by atoms with Crippen molar-refractivity contribution in [2.75, 3.05) is 0 Å². The fourth-order valence-electron chi connectivity index (χ4n) is 3.51. The summed E-state index contributed by atoms with van der Waals surface area (Å²) in [5.41, 5.74) is 1.02. The first-order valence-corrected chi connectivity index (χ1v) is 12.1. The molecule has 0 fully saturated rings. The maximum atomic E-state index is 13.0. The van der Waals surface area contributed by atoms with Crippen LogP contribution in [0.3, 0.4) is 0 Å². The minimum absolute atomic E-state index is 0.0372. The summed E-state index contributed by atoms with van der Waals surface area (Å²) in [6.07, 6.45) is 8.04. The zero-order valence-electron chi connectivity index (χ0n) is 18.0. The molecule has 1 aromatic carbocycles. The molecule has 4 heteroatoms. The number of rotatable bonds is 11. The van der Waals surface area contributed by atoms with Crippen molar-refractivity contribution in [3.8, 4) is 0 Å². The molecular formula is C23H38BrNOS. The van der Waals surface area contributed by atoms with Gasteiger partial charge in [0.2, 0.25) is 0 Å². The molecule has 0 amide bonds. The van der Waals surface area contributed by atoms with Gasteiger partial charge in [0.25, 0.3) is 0 Å². The minimum atomic E-state index is -1.16. The third-order valence-corrected chi connectivity index (χ3v) is 7.53. The molecule has 0 aromatic heterocycles.